The van der Waals surface area contributed by atoms with Crippen LogP contribution in [0.15, 0.2) is 75.1 Å². The predicted octanol–water partition coefficient (Wildman–Crippen LogP) is 4.08. The van der Waals surface area contributed by atoms with Gasteiger partial charge < -0.3 is 8.83 Å². The number of pyridine rings is 1. The van der Waals surface area contributed by atoms with E-state index < -0.39 is 0 Å². The highest BCUT2D eigenvalue weighted by Gasteiger charge is 2.11. The Kier molecular flexibility index (Phi) is 4.07. The lowest BCUT2D eigenvalue weighted by molar-refractivity contribution is 0.464. The monoisotopic (exact) mass is 336 g/mol. The van der Waals surface area contributed by atoms with Crippen LogP contribution in [0.1, 0.15) is 5.89 Å². The number of aromatic nitrogens is 4. The number of rotatable bonds is 5. The van der Waals surface area contributed by atoms with Crippen molar-refractivity contribution >= 4 is 11.8 Å². The smallest absolute Gasteiger partial charge is 0.277 e. The van der Waals surface area contributed by atoms with Crippen LogP contribution in [-0.2, 0) is 5.75 Å². The molecule has 0 aliphatic heterocycles. The molecule has 0 saturated carbocycles. The summed E-state index contributed by atoms with van der Waals surface area (Å²) in [7, 11) is 0. The van der Waals surface area contributed by atoms with E-state index in [4.69, 9.17) is 8.83 Å². The SMILES string of the molecule is c1ccc(-c2cnc(CSc3nnc(-c4ccncc4)o3)o2)cc1. The Balaban J connectivity index is 1.43. The van der Waals surface area contributed by atoms with Crippen LogP contribution in [0, 0.1) is 0 Å². The van der Waals surface area contributed by atoms with Crippen molar-refractivity contribution in [1.82, 2.24) is 20.2 Å². The molecule has 0 amide bonds. The zero-order valence-electron chi connectivity index (χ0n) is 12.5. The lowest BCUT2D eigenvalue weighted by Crippen LogP contribution is -1.79. The van der Waals surface area contributed by atoms with E-state index in [1.54, 1.807) is 18.6 Å². The first-order chi connectivity index (χ1) is 11.9. The van der Waals surface area contributed by atoms with Crippen LogP contribution in [0.3, 0.4) is 0 Å². The summed E-state index contributed by atoms with van der Waals surface area (Å²) >= 11 is 1.39. The lowest BCUT2D eigenvalue weighted by atomic mass is 10.2. The van der Waals surface area contributed by atoms with Crippen molar-refractivity contribution in [3.05, 3.63) is 66.9 Å². The minimum absolute atomic E-state index is 0.470. The van der Waals surface area contributed by atoms with Gasteiger partial charge in [0.05, 0.1) is 11.9 Å². The largest absolute Gasteiger partial charge is 0.440 e. The molecule has 7 heteroatoms. The second kappa shape index (κ2) is 6.67. The maximum absolute atomic E-state index is 5.75. The summed E-state index contributed by atoms with van der Waals surface area (Å²) in [5.74, 6) is 2.35. The van der Waals surface area contributed by atoms with Crippen LogP contribution < -0.4 is 0 Å². The molecule has 3 heterocycles. The molecule has 0 N–H and O–H groups in total. The third kappa shape index (κ3) is 3.21. The van der Waals surface area contributed by atoms with Crippen molar-refractivity contribution in [2.24, 2.45) is 0 Å². The molecular formula is C17H12N4O2S. The number of hydrogen-bond donors (Lipinski definition) is 0. The summed E-state index contributed by atoms with van der Waals surface area (Å²) in [6.45, 7) is 0. The van der Waals surface area contributed by atoms with Gasteiger partial charge in [-0.15, -0.1) is 10.2 Å². The Morgan fingerprint density at radius 2 is 1.71 bits per heavy atom. The Morgan fingerprint density at radius 1 is 0.875 bits per heavy atom. The first kappa shape index (κ1) is 14.6. The number of benzene rings is 1. The molecule has 0 aliphatic carbocycles. The van der Waals surface area contributed by atoms with E-state index in [-0.39, 0.29) is 0 Å². The number of hydrogen-bond acceptors (Lipinski definition) is 7. The number of oxazole rings is 1. The van der Waals surface area contributed by atoms with Crippen molar-refractivity contribution in [2.75, 3.05) is 0 Å². The summed E-state index contributed by atoms with van der Waals surface area (Å²) in [6, 6.07) is 13.5. The van der Waals surface area contributed by atoms with Gasteiger partial charge in [-0.3, -0.25) is 4.98 Å². The minimum atomic E-state index is 0.470. The van der Waals surface area contributed by atoms with Crippen LogP contribution >= 0.6 is 11.8 Å². The van der Waals surface area contributed by atoms with Crippen molar-refractivity contribution in [2.45, 2.75) is 11.0 Å². The molecule has 24 heavy (non-hydrogen) atoms. The molecule has 3 aromatic heterocycles. The van der Waals surface area contributed by atoms with E-state index in [0.717, 1.165) is 16.9 Å². The first-order valence-electron chi connectivity index (χ1n) is 7.25. The highest BCUT2D eigenvalue weighted by molar-refractivity contribution is 7.98. The van der Waals surface area contributed by atoms with Gasteiger partial charge in [0.15, 0.2) is 5.76 Å². The highest BCUT2D eigenvalue weighted by Crippen LogP contribution is 2.27. The van der Waals surface area contributed by atoms with Gasteiger partial charge in [-0.05, 0) is 12.1 Å². The average molecular weight is 336 g/mol. The summed E-state index contributed by atoms with van der Waals surface area (Å²) < 4.78 is 11.4. The van der Waals surface area contributed by atoms with E-state index in [1.165, 1.54) is 11.8 Å². The van der Waals surface area contributed by atoms with E-state index >= 15 is 0 Å². The van der Waals surface area contributed by atoms with E-state index in [1.807, 2.05) is 42.5 Å². The van der Waals surface area contributed by atoms with E-state index in [0.29, 0.717) is 22.8 Å². The third-order valence-corrected chi connectivity index (χ3v) is 4.07. The fourth-order valence-corrected chi connectivity index (χ4v) is 2.73. The molecule has 4 rings (SSSR count). The van der Waals surface area contributed by atoms with Gasteiger partial charge >= 0.3 is 0 Å². The molecule has 0 saturated heterocycles. The first-order valence-corrected chi connectivity index (χ1v) is 8.24. The maximum Gasteiger partial charge on any atom is 0.277 e. The second-order valence-electron chi connectivity index (χ2n) is 4.88. The molecule has 0 spiro atoms. The summed E-state index contributed by atoms with van der Waals surface area (Å²) in [6.07, 6.45) is 5.09. The normalized spacial score (nSPS) is 10.8. The van der Waals surface area contributed by atoms with Crippen LogP contribution in [-0.4, -0.2) is 20.2 Å². The van der Waals surface area contributed by atoms with Gasteiger partial charge in [0.2, 0.25) is 11.8 Å². The lowest BCUT2D eigenvalue weighted by Gasteiger charge is -1.95. The molecule has 1 aromatic carbocycles. The fraction of sp³-hybridized carbons (Fsp3) is 0.0588. The van der Waals surface area contributed by atoms with Crippen molar-refractivity contribution in [3.63, 3.8) is 0 Å². The van der Waals surface area contributed by atoms with Crippen LogP contribution in [0.25, 0.3) is 22.8 Å². The summed E-state index contributed by atoms with van der Waals surface area (Å²) in [5.41, 5.74) is 1.84. The third-order valence-electron chi connectivity index (χ3n) is 3.26. The average Bonchev–Trinajstić information content (AvgIpc) is 3.31. The van der Waals surface area contributed by atoms with Gasteiger partial charge in [0, 0.05) is 23.5 Å². The standard InChI is InChI=1S/C17H12N4O2S/c1-2-4-12(5-3-1)14-10-19-15(22-14)11-24-17-21-20-16(23-17)13-6-8-18-9-7-13/h1-10H,11H2. The highest BCUT2D eigenvalue weighted by atomic mass is 32.2. The van der Waals surface area contributed by atoms with Crippen molar-refractivity contribution < 1.29 is 8.83 Å². The Hall–Kier alpha value is -2.93. The Bertz CT molecular complexity index is 844. The molecule has 0 radical (unpaired) electrons. The molecule has 0 fully saturated rings. The Labute approximate surface area is 142 Å². The van der Waals surface area contributed by atoms with E-state index in [2.05, 4.69) is 20.2 Å². The number of thioether (sulfide) groups is 1. The maximum atomic E-state index is 5.75. The molecule has 118 valence electrons. The van der Waals surface area contributed by atoms with Crippen LogP contribution in [0.4, 0.5) is 0 Å². The van der Waals surface area contributed by atoms with Crippen molar-refractivity contribution in [3.8, 4) is 22.8 Å². The molecular weight excluding hydrogens is 324 g/mol. The van der Waals surface area contributed by atoms with Gasteiger partial charge in [-0.25, -0.2) is 4.98 Å². The Morgan fingerprint density at radius 3 is 2.54 bits per heavy atom. The van der Waals surface area contributed by atoms with E-state index in [9.17, 15) is 0 Å². The van der Waals surface area contributed by atoms with Crippen molar-refractivity contribution in [1.29, 1.82) is 0 Å². The molecule has 0 aliphatic rings. The molecule has 0 bridgehead atoms. The zero-order chi connectivity index (χ0) is 16.2. The van der Waals surface area contributed by atoms with Gasteiger partial charge in [-0.1, -0.05) is 42.1 Å². The molecule has 0 unspecified atom stereocenters. The van der Waals surface area contributed by atoms with Gasteiger partial charge in [0.1, 0.15) is 0 Å². The van der Waals surface area contributed by atoms with Gasteiger partial charge in [-0.2, -0.15) is 0 Å². The van der Waals surface area contributed by atoms with Crippen LogP contribution in [0.2, 0.25) is 0 Å². The fourth-order valence-electron chi connectivity index (χ4n) is 2.12. The topological polar surface area (TPSA) is 77.8 Å². The van der Waals surface area contributed by atoms with Gasteiger partial charge in [0.25, 0.3) is 5.22 Å². The summed E-state index contributed by atoms with van der Waals surface area (Å²) in [5, 5.41) is 8.54. The zero-order valence-corrected chi connectivity index (χ0v) is 13.3. The number of nitrogens with zero attached hydrogens (tertiary/aromatic N) is 4. The summed E-state index contributed by atoms with van der Waals surface area (Å²) in [4.78, 5) is 8.25. The molecule has 6 nitrogen and oxygen atoms in total. The quantitative estimate of drug-likeness (QED) is 0.508. The second-order valence-corrected chi connectivity index (χ2v) is 5.81. The van der Waals surface area contributed by atoms with Crippen LogP contribution in [0.5, 0.6) is 0 Å². The molecule has 0 atom stereocenters. The minimum Gasteiger partial charge on any atom is -0.440 e. The molecule has 4 aromatic rings. The predicted molar refractivity (Wildman–Crippen MR) is 89.0 cm³/mol.